The Balaban J connectivity index is 1.56. The van der Waals surface area contributed by atoms with Crippen molar-refractivity contribution in [2.24, 2.45) is 0 Å². The maximum absolute atomic E-state index is 12.4. The summed E-state index contributed by atoms with van der Waals surface area (Å²) in [4.78, 5) is 21.5. The molecule has 0 aromatic carbocycles. The summed E-state index contributed by atoms with van der Waals surface area (Å²) < 4.78 is 8.23. The summed E-state index contributed by atoms with van der Waals surface area (Å²) in [6.07, 6.45) is 7.13. The number of rotatable bonds is 6. The van der Waals surface area contributed by atoms with Crippen LogP contribution in [-0.2, 0) is 4.74 Å². The van der Waals surface area contributed by atoms with Crippen molar-refractivity contribution < 1.29 is 9.53 Å². The van der Waals surface area contributed by atoms with Crippen LogP contribution in [-0.4, -0.2) is 49.4 Å². The number of carbonyl (C=O) groups excluding carboxylic acids is 1. The largest absolute Gasteiger partial charge is 0.444 e. The standard InChI is InChI=1S/C25H34BrN7O2/c1-15(2)29-20-12-21(27-14-17(20)26)22-11-10-16-13-28-23(32-33(16)22)30-18-8-6-7-9-19(18)31-24(34)35-25(3,4)5/h10-15,18-19H,6-9H2,1-5H3,(H,27,29)(H,30,32)(H,31,34)/t18-,19+/m1/s1. The van der Waals surface area contributed by atoms with E-state index in [1.807, 2.05) is 43.5 Å². The minimum atomic E-state index is -0.535. The molecule has 9 nitrogen and oxygen atoms in total. The van der Waals surface area contributed by atoms with Crippen LogP contribution in [0.1, 0.15) is 60.3 Å². The van der Waals surface area contributed by atoms with E-state index in [1.165, 1.54) is 0 Å². The van der Waals surface area contributed by atoms with Gasteiger partial charge in [-0.3, -0.25) is 4.98 Å². The number of carbonyl (C=O) groups is 1. The summed E-state index contributed by atoms with van der Waals surface area (Å²) in [6.45, 7) is 9.79. The second-order valence-corrected chi connectivity index (χ2v) is 11.1. The quantitative estimate of drug-likeness (QED) is 0.370. The molecule has 1 amide bonds. The van der Waals surface area contributed by atoms with Gasteiger partial charge in [0.2, 0.25) is 5.95 Å². The van der Waals surface area contributed by atoms with Gasteiger partial charge in [-0.05, 0) is 81.6 Å². The number of amides is 1. The number of nitrogens with one attached hydrogen (secondary N) is 3. The second-order valence-electron chi connectivity index (χ2n) is 10.3. The van der Waals surface area contributed by atoms with E-state index in [2.05, 4.69) is 55.7 Å². The highest BCUT2D eigenvalue weighted by Crippen LogP contribution is 2.29. The van der Waals surface area contributed by atoms with Crippen LogP contribution in [0.4, 0.5) is 16.4 Å². The minimum Gasteiger partial charge on any atom is -0.444 e. The Morgan fingerprint density at radius 2 is 1.89 bits per heavy atom. The number of hydrogen-bond donors (Lipinski definition) is 3. The highest BCUT2D eigenvalue weighted by molar-refractivity contribution is 9.10. The van der Waals surface area contributed by atoms with Gasteiger partial charge in [0.1, 0.15) is 5.60 Å². The molecule has 10 heteroatoms. The van der Waals surface area contributed by atoms with Gasteiger partial charge in [0.25, 0.3) is 0 Å². The maximum Gasteiger partial charge on any atom is 0.407 e. The molecule has 1 aliphatic carbocycles. The Kier molecular flexibility index (Phi) is 7.49. The van der Waals surface area contributed by atoms with E-state index in [-0.39, 0.29) is 12.1 Å². The number of pyridine rings is 1. The normalized spacial score (nSPS) is 18.5. The minimum absolute atomic E-state index is 0.0142. The number of alkyl carbamates (subject to hydrolysis) is 1. The fraction of sp³-hybridized carbons (Fsp3) is 0.520. The molecule has 2 atom stereocenters. The maximum atomic E-state index is 12.4. The van der Waals surface area contributed by atoms with E-state index in [9.17, 15) is 4.79 Å². The topological polar surface area (TPSA) is 105 Å². The van der Waals surface area contributed by atoms with Gasteiger partial charge in [-0.2, -0.15) is 0 Å². The number of halogens is 1. The number of fused-ring (bicyclic) bond motifs is 1. The fourth-order valence-corrected chi connectivity index (χ4v) is 4.59. The first kappa shape index (κ1) is 25.2. The van der Waals surface area contributed by atoms with Gasteiger partial charge < -0.3 is 20.7 Å². The van der Waals surface area contributed by atoms with Crippen molar-refractivity contribution in [1.29, 1.82) is 0 Å². The molecule has 35 heavy (non-hydrogen) atoms. The second kappa shape index (κ2) is 10.4. The van der Waals surface area contributed by atoms with Crippen molar-refractivity contribution in [3.63, 3.8) is 0 Å². The van der Waals surface area contributed by atoms with E-state index in [1.54, 1.807) is 12.4 Å². The average molecular weight is 544 g/mol. The van der Waals surface area contributed by atoms with Crippen molar-refractivity contribution in [3.05, 3.63) is 35.1 Å². The van der Waals surface area contributed by atoms with Crippen LogP contribution >= 0.6 is 15.9 Å². The van der Waals surface area contributed by atoms with Gasteiger partial charge in [0, 0.05) is 18.3 Å². The average Bonchev–Trinajstić information content (AvgIpc) is 3.18. The smallest absolute Gasteiger partial charge is 0.407 e. The summed E-state index contributed by atoms with van der Waals surface area (Å²) in [5.41, 5.74) is 3.00. The van der Waals surface area contributed by atoms with E-state index < -0.39 is 11.7 Å². The predicted molar refractivity (Wildman–Crippen MR) is 142 cm³/mol. The Morgan fingerprint density at radius 1 is 1.14 bits per heavy atom. The summed E-state index contributed by atoms with van der Waals surface area (Å²) >= 11 is 3.57. The van der Waals surface area contributed by atoms with Crippen LogP contribution in [0.25, 0.3) is 16.9 Å². The molecule has 3 aromatic rings. The van der Waals surface area contributed by atoms with Crippen molar-refractivity contribution in [3.8, 4) is 11.4 Å². The number of hydrogen-bond acceptors (Lipinski definition) is 7. The van der Waals surface area contributed by atoms with E-state index >= 15 is 0 Å². The van der Waals surface area contributed by atoms with Crippen molar-refractivity contribution in [2.75, 3.05) is 10.6 Å². The predicted octanol–water partition coefficient (Wildman–Crippen LogP) is 5.62. The number of aromatic nitrogens is 4. The zero-order valence-corrected chi connectivity index (χ0v) is 22.5. The molecule has 1 saturated carbocycles. The van der Waals surface area contributed by atoms with Gasteiger partial charge in [0.05, 0.1) is 39.3 Å². The van der Waals surface area contributed by atoms with Gasteiger partial charge in [-0.25, -0.2) is 14.3 Å². The molecule has 3 heterocycles. The molecule has 0 spiro atoms. The van der Waals surface area contributed by atoms with Gasteiger partial charge in [0.15, 0.2) is 0 Å². The summed E-state index contributed by atoms with van der Waals surface area (Å²) in [7, 11) is 0. The molecule has 0 aliphatic heterocycles. The molecular formula is C25H34BrN7O2. The molecule has 3 aromatic heterocycles. The van der Waals surface area contributed by atoms with Crippen LogP contribution in [0.15, 0.2) is 35.1 Å². The molecule has 0 radical (unpaired) electrons. The highest BCUT2D eigenvalue weighted by Gasteiger charge is 2.29. The van der Waals surface area contributed by atoms with E-state index in [0.717, 1.165) is 52.7 Å². The van der Waals surface area contributed by atoms with Crippen LogP contribution < -0.4 is 16.0 Å². The molecule has 0 bridgehead atoms. The van der Waals surface area contributed by atoms with Gasteiger partial charge >= 0.3 is 6.09 Å². The lowest BCUT2D eigenvalue weighted by atomic mass is 9.90. The summed E-state index contributed by atoms with van der Waals surface area (Å²) in [5.74, 6) is 0.510. The molecule has 4 rings (SSSR count). The Morgan fingerprint density at radius 3 is 2.60 bits per heavy atom. The number of anilines is 2. The SMILES string of the molecule is CC(C)Nc1cc(-c2ccc3cnc(N[C@@H]4CCCC[C@@H]4NC(=O)OC(C)(C)C)nn23)ncc1Br. The van der Waals surface area contributed by atoms with E-state index in [4.69, 9.17) is 9.84 Å². The van der Waals surface area contributed by atoms with Crippen LogP contribution in [0.2, 0.25) is 0 Å². The first-order chi connectivity index (χ1) is 16.6. The number of ether oxygens (including phenoxy) is 1. The Bertz CT molecular complexity index is 1190. The third-order valence-electron chi connectivity index (χ3n) is 5.74. The van der Waals surface area contributed by atoms with Crippen molar-refractivity contribution in [2.45, 2.75) is 84.0 Å². The zero-order valence-electron chi connectivity index (χ0n) is 20.9. The fourth-order valence-electron chi connectivity index (χ4n) is 4.26. The summed E-state index contributed by atoms with van der Waals surface area (Å²) in [6, 6.07) is 6.24. The lowest BCUT2D eigenvalue weighted by Gasteiger charge is -2.33. The Labute approximate surface area is 214 Å². The molecular weight excluding hydrogens is 510 g/mol. The lowest BCUT2D eigenvalue weighted by Crippen LogP contribution is -2.50. The molecule has 1 fully saturated rings. The molecule has 0 unspecified atom stereocenters. The van der Waals surface area contributed by atoms with Crippen molar-refractivity contribution >= 4 is 39.2 Å². The van der Waals surface area contributed by atoms with Gasteiger partial charge in [-0.15, -0.1) is 5.10 Å². The first-order valence-corrected chi connectivity index (χ1v) is 12.9. The third kappa shape index (κ3) is 6.42. The van der Waals surface area contributed by atoms with E-state index in [0.29, 0.717) is 12.0 Å². The molecule has 3 N–H and O–H groups in total. The highest BCUT2D eigenvalue weighted by atomic mass is 79.9. The number of nitrogens with zero attached hydrogens (tertiary/aromatic N) is 4. The first-order valence-electron chi connectivity index (χ1n) is 12.1. The molecule has 0 saturated heterocycles. The monoisotopic (exact) mass is 543 g/mol. The molecule has 1 aliphatic rings. The third-order valence-corrected chi connectivity index (χ3v) is 6.37. The van der Waals surface area contributed by atoms with Crippen molar-refractivity contribution in [1.82, 2.24) is 24.9 Å². The zero-order chi connectivity index (χ0) is 25.2. The lowest BCUT2D eigenvalue weighted by molar-refractivity contribution is 0.0488. The van der Waals surface area contributed by atoms with Gasteiger partial charge in [-0.1, -0.05) is 12.8 Å². The Hall–Kier alpha value is -2.88. The molecule has 188 valence electrons. The van der Waals surface area contributed by atoms with Crippen LogP contribution in [0.5, 0.6) is 0 Å². The van der Waals surface area contributed by atoms with Crippen LogP contribution in [0.3, 0.4) is 0 Å². The summed E-state index contributed by atoms with van der Waals surface area (Å²) in [5, 5.41) is 14.7. The van der Waals surface area contributed by atoms with Crippen LogP contribution in [0, 0.1) is 0 Å².